The first-order valence-electron chi connectivity index (χ1n) is 9.29. The number of ether oxygens (including phenoxy) is 2. The largest absolute Gasteiger partial charge is 0.491 e. The molecule has 0 spiro atoms. The van der Waals surface area contributed by atoms with E-state index in [1.54, 1.807) is 14.0 Å². The number of benzene rings is 1. The SMILES string of the molecule is COCCOc1ccc(-n2nc(C)c(C(=O)NC3CCCC3CN)n2)cc1. The Balaban J connectivity index is 1.67. The van der Waals surface area contributed by atoms with Crippen molar-refractivity contribution in [2.45, 2.75) is 32.2 Å². The van der Waals surface area contributed by atoms with Crippen LogP contribution in [0.4, 0.5) is 0 Å². The van der Waals surface area contributed by atoms with Crippen LogP contribution < -0.4 is 15.8 Å². The van der Waals surface area contributed by atoms with Gasteiger partial charge in [-0.1, -0.05) is 6.42 Å². The van der Waals surface area contributed by atoms with E-state index < -0.39 is 0 Å². The fraction of sp³-hybridized carbons (Fsp3) is 0.526. The summed E-state index contributed by atoms with van der Waals surface area (Å²) in [6.07, 6.45) is 3.12. The minimum absolute atomic E-state index is 0.121. The van der Waals surface area contributed by atoms with E-state index >= 15 is 0 Å². The van der Waals surface area contributed by atoms with E-state index in [1.807, 2.05) is 24.3 Å². The standard InChI is InChI=1S/C19H27N5O3/c1-13-18(19(25)21-17-5-3-4-14(17)12-20)23-24(22-13)15-6-8-16(9-7-15)27-11-10-26-2/h6-9,14,17H,3-5,10-12,20H2,1-2H3,(H,21,25). The lowest BCUT2D eigenvalue weighted by Gasteiger charge is -2.18. The maximum Gasteiger partial charge on any atom is 0.273 e. The lowest BCUT2D eigenvalue weighted by Crippen LogP contribution is -2.40. The molecule has 0 radical (unpaired) electrons. The molecule has 8 heteroatoms. The van der Waals surface area contributed by atoms with Crippen LogP contribution in [0, 0.1) is 12.8 Å². The van der Waals surface area contributed by atoms with Crippen molar-refractivity contribution in [3.63, 3.8) is 0 Å². The Morgan fingerprint density at radius 1 is 1.26 bits per heavy atom. The van der Waals surface area contributed by atoms with E-state index in [1.165, 1.54) is 4.80 Å². The van der Waals surface area contributed by atoms with Crippen molar-refractivity contribution in [3.05, 3.63) is 35.7 Å². The molecule has 0 bridgehead atoms. The van der Waals surface area contributed by atoms with Gasteiger partial charge in [-0.2, -0.15) is 9.90 Å². The van der Waals surface area contributed by atoms with Gasteiger partial charge in [0, 0.05) is 13.2 Å². The van der Waals surface area contributed by atoms with Crippen LogP contribution >= 0.6 is 0 Å². The third-order valence-corrected chi connectivity index (χ3v) is 4.90. The quantitative estimate of drug-likeness (QED) is 0.679. The van der Waals surface area contributed by atoms with Gasteiger partial charge in [0.1, 0.15) is 12.4 Å². The fourth-order valence-electron chi connectivity index (χ4n) is 3.37. The highest BCUT2D eigenvalue weighted by Gasteiger charge is 2.29. The predicted octanol–water partition coefficient (Wildman–Crippen LogP) is 1.46. The molecule has 2 atom stereocenters. The van der Waals surface area contributed by atoms with E-state index in [-0.39, 0.29) is 11.9 Å². The summed E-state index contributed by atoms with van der Waals surface area (Å²) in [5.74, 6) is 0.894. The number of nitrogens with one attached hydrogen (secondary N) is 1. The minimum atomic E-state index is -0.191. The molecule has 146 valence electrons. The van der Waals surface area contributed by atoms with Crippen molar-refractivity contribution < 1.29 is 14.3 Å². The van der Waals surface area contributed by atoms with E-state index in [4.69, 9.17) is 15.2 Å². The molecule has 3 rings (SSSR count). The second-order valence-electron chi connectivity index (χ2n) is 6.77. The second kappa shape index (κ2) is 8.96. The van der Waals surface area contributed by atoms with Crippen LogP contribution in [0.15, 0.2) is 24.3 Å². The molecule has 8 nitrogen and oxygen atoms in total. The fourth-order valence-corrected chi connectivity index (χ4v) is 3.37. The van der Waals surface area contributed by atoms with Gasteiger partial charge in [-0.3, -0.25) is 4.79 Å². The molecule has 1 saturated carbocycles. The molecule has 0 aliphatic heterocycles. The zero-order valence-corrected chi connectivity index (χ0v) is 15.9. The van der Waals surface area contributed by atoms with Gasteiger partial charge in [0.05, 0.1) is 18.0 Å². The van der Waals surface area contributed by atoms with Gasteiger partial charge in [0.15, 0.2) is 5.69 Å². The Morgan fingerprint density at radius 2 is 2.04 bits per heavy atom. The molecule has 1 aliphatic rings. The number of aromatic nitrogens is 3. The Hall–Kier alpha value is -2.45. The third-order valence-electron chi connectivity index (χ3n) is 4.90. The molecule has 1 amide bonds. The molecule has 2 aromatic rings. The first-order chi connectivity index (χ1) is 13.1. The average Bonchev–Trinajstić information content (AvgIpc) is 3.28. The summed E-state index contributed by atoms with van der Waals surface area (Å²) in [6, 6.07) is 7.51. The molecule has 1 heterocycles. The maximum absolute atomic E-state index is 12.6. The summed E-state index contributed by atoms with van der Waals surface area (Å²) in [5, 5.41) is 11.8. The molecular formula is C19H27N5O3. The maximum atomic E-state index is 12.6. The molecular weight excluding hydrogens is 346 g/mol. The number of carbonyl (C=O) groups excluding carboxylic acids is 1. The Labute approximate surface area is 159 Å². The molecule has 27 heavy (non-hydrogen) atoms. The molecule has 2 unspecified atom stereocenters. The number of hydrogen-bond donors (Lipinski definition) is 2. The minimum Gasteiger partial charge on any atom is -0.491 e. The zero-order chi connectivity index (χ0) is 19.2. The third kappa shape index (κ3) is 4.64. The van der Waals surface area contributed by atoms with Gasteiger partial charge >= 0.3 is 0 Å². The molecule has 3 N–H and O–H groups in total. The summed E-state index contributed by atoms with van der Waals surface area (Å²) in [5.41, 5.74) is 7.50. The van der Waals surface area contributed by atoms with Crippen molar-refractivity contribution in [2.24, 2.45) is 11.7 Å². The van der Waals surface area contributed by atoms with Crippen LogP contribution in [-0.4, -0.2) is 53.8 Å². The average molecular weight is 373 g/mol. The van der Waals surface area contributed by atoms with Gasteiger partial charge in [0.25, 0.3) is 5.91 Å². The van der Waals surface area contributed by atoms with Crippen molar-refractivity contribution in [2.75, 3.05) is 26.9 Å². The second-order valence-corrected chi connectivity index (χ2v) is 6.77. The summed E-state index contributed by atoms with van der Waals surface area (Å²) in [6.45, 7) is 3.40. The number of carbonyl (C=O) groups is 1. The van der Waals surface area contributed by atoms with Crippen LogP contribution in [0.3, 0.4) is 0 Å². The van der Waals surface area contributed by atoms with Crippen molar-refractivity contribution >= 4 is 5.91 Å². The van der Waals surface area contributed by atoms with Crippen molar-refractivity contribution in [1.29, 1.82) is 0 Å². The van der Waals surface area contributed by atoms with Gasteiger partial charge in [-0.25, -0.2) is 0 Å². The summed E-state index contributed by atoms with van der Waals surface area (Å²) in [4.78, 5) is 14.1. The first kappa shape index (κ1) is 19.3. The van der Waals surface area contributed by atoms with Crippen LogP contribution in [0.1, 0.15) is 35.4 Å². The van der Waals surface area contributed by atoms with Crippen molar-refractivity contribution in [1.82, 2.24) is 20.3 Å². The van der Waals surface area contributed by atoms with E-state index in [0.29, 0.717) is 37.1 Å². The number of nitrogens with two attached hydrogens (primary N) is 1. The lowest BCUT2D eigenvalue weighted by atomic mass is 10.0. The van der Waals surface area contributed by atoms with E-state index in [9.17, 15) is 4.79 Å². The van der Waals surface area contributed by atoms with Crippen LogP contribution in [0.25, 0.3) is 5.69 Å². The molecule has 0 saturated heterocycles. The lowest BCUT2D eigenvalue weighted by molar-refractivity contribution is 0.0922. The Morgan fingerprint density at radius 3 is 2.74 bits per heavy atom. The highest BCUT2D eigenvalue weighted by atomic mass is 16.5. The molecule has 1 aliphatic carbocycles. The topological polar surface area (TPSA) is 104 Å². The predicted molar refractivity (Wildman–Crippen MR) is 101 cm³/mol. The molecule has 1 aromatic heterocycles. The van der Waals surface area contributed by atoms with E-state index in [0.717, 1.165) is 30.7 Å². The smallest absolute Gasteiger partial charge is 0.273 e. The highest BCUT2D eigenvalue weighted by Crippen LogP contribution is 2.25. The van der Waals surface area contributed by atoms with Crippen LogP contribution in [0.2, 0.25) is 0 Å². The van der Waals surface area contributed by atoms with Gasteiger partial charge in [-0.05, 0) is 56.5 Å². The number of hydrogen-bond acceptors (Lipinski definition) is 6. The number of aryl methyl sites for hydroxylation is 1. The van der Waals surface area contributed by atoms with Crippen LogP contribution in [0.5, 0.6) is 5.75 Å². The van der Waals surface area contributed by atoms with Gasteiger partial charge in [-0.15, -0.1) is 5.10 Å². The Kier molecular flexibility index (Phi) is 6.41. The van der Waals surface area contributed by atoms with Gasteiger partial charge < -0.3 is 20.5 Å². The number of amides is 1. The monoisotopic (exact) mass is 373 g/mol. The van der Waals surface area contributed by atoms with Gasteiger partial charge in [0.2, 0.25) is 0 Å². The van der Waals surface area contributed by atoms with Crippen molar-refractivity contribution in [3.8, 4) is 11.4 Å². The van der Waals surface area contributed by atoms with Crippen LogP contribution in [-0.2, 0) is 4.74 Å². The number of methoxy groups -OCH3 is 1. The van der Waals surface area contributed by atoms with E-state index in [2.05, 4.69) is 15.5 Å². The normalized spacial score (nSPS) is 19.2. The number of rotatable bonds is 8. The molecule has 1 aromatic carbocycles. The summed E-state index contributed by atoms with van der Waals surface area (Å²) < 4.78 is 10.5. The summed E-state index contributed by atoms with van der Waals surface area (Å²) in [7, 11) is 1.63. The first-order valence-corrected chi connectivity index (χ1v) is 9.29. The highest BCUT2D eigenvalue weighted by molar-refractivity contribution is 5.93. The molecule has 1 fully saturated rings. The number of nitrogens with zero attached hydrogens (tertiary/aromatic N) is 3. The Bertz CT molecular complexity index is 759. The summed E-state index contributed by atoms with van der Waals surface area (Å²) >= 11 is 0. The zero-order valence-electron chi connectivity index (χ0n) is 15.9.